The van der Waals surface area contributed by atoms with Crippen LogP contribution in [0.2, 0.25) is 0 Å². The Balaban J connectivity index is 0.000000532. The number of hydrogen-bond donors (Lipinski definition) is 3. The average molecular weight is 553 g/mol. The molecule has 4 rings (SSSR count). The minimum absolute atomic E-state index is 0.0218. The minimum Gasteiger partial charge on any atom is -0.507 e. The smallest absolute Gasteiger partial charge is 0.490 e. The highest BCUT2D eigenvalue weighted by atomic mass is 19.4. The second-order valence-corrected chi connectivity index (χ2v) is 9.05. The summed E-state index contributed by atoms with van der Waals surface area (Å²) in [5, 5.41) is 24.7. The number of nitrogens with one attached hydrogen (secondary N) is 1. The molecule has 3 N–H and O–H groups in total. The average Bonchev–Trinajstić information content (AvgIpc) is 3.35. The second-order valence-electron chi connectivity index (χ2n) is 9.05. The van der Waals surface area contributed by atoms with Crippen molar-refractivity contribution in [3.8, 4) is 28.2 Å². The number of piperazine rings is 1. The standard InChI is InChI=1S/C24H27FN4O3.C2HF3O2/c1-15(2)28-9-11-29(12-10-28)23-14-22(32-27-23)19-6-4-5-18(24(19)31)17-7-8-21(20(25)13-17)26-16(3)30;3-2(4,5)1(6)7/h4-8,13-15,31H,9-12H2,1-3H3,(H,26,30);(H,6,7). The fourth-order valence-corrected chi connectivity index (χ4v) is 3.96. The van der Waals surface area contributed by atoms with Crippen LogP contribution in [-0.4, -0.2) is 70.5 Å². The molecule has 0 atom stereocenters. The largest absolute Gasteiger partial charge is 0.507 e. The zero-order valence-electron chi connectivity index (χ0n) is 21.4. The van der Waals surface area contributed by atoms with Gasteiger partial charge in [-0.3, -0.25) is 9.69 Å². The van der Waals surface area contributed by atoms with E-state index in [1.165, 1.54) is 19.1 Å². The number of aromatic hydroxyl groups is 1. The predicted molar refractivity (Wildman–Crippen MR) is 136 cm³/mol. The first kappa shape index (κ1) is 29.4. The molecule has 0 spiro atoms. The van der Waals surface area contributed by atoms with Crippen LogP contribution in [0.25, 0.3) is 22.5 Å². The third-order valence-corrected chi connectivity index (χ3v) is 6.00. The highest BCUT2D eigenvalue weighted by Crippen LogP contribution is 2.39. The normalized spacial score (nSPS) is 14.1. The van der Waals surface area contributed by atoms with Gasteiger partial charge in [0, 0.05) is 50.8 Å². The van der Waals surface area contributed by atoms with Crippen LogP contribution in [0.1, 0.15) is 20.8 Å². The summed E-state index contributed by atoms with van der Waals surface area (Å²) >= 11 is 0. The molecule has 9 nitrogen and oxygen atoms in total. The van der Waals surface area contributed by atoms with Crippen molar-refractivity contribution >= 4 is 23.4 Å². The number of carbonyl (C=O) groups is 2. The van der Waals surface area contributed by atoms with Gasteiger partial charge in [0.1, 0.15) is 11.6 Å². The lowest BCUT2D eigenvalue weighted by Crippen LogP contribution is -2.49. The highest BCUT2D eigenvalue weighted by Gasteiger charge is 2.38. The molecule has 2 heterocycles. The minimum atomic E-state index is -5.08. The van der Waals surface area contributed by atoms with E-state index in [0.29, 0.717) is 28.5 Å². The molecule has 1 aromatic heterocycles. The van der Waals surface area contributed by atoms with Crippen LogP contribution < -0.4 is 10.2 Å². The maximum atomic E-state index is 14.4. The van der Waals surface area contributed by atoms with Crippen molar-refractivity contribution < 1.29 is 41.9 Å². The molecule has 1 saturated heterocycles. The molecule has 0 radical (unpaired) electrons. The van der Waals surface area contributed by atoms with Crippen molar-refractivity contribution in [3.63, 3.8) is 0 Å². The number of carboxylic acids is 1. The summed E-state index contributed by atoms with van der Waals surface area (Å²) in [5.41, 5.74) is 1.52. The fourth-order valence-electron chi connectivity index (χ4n) is 3.96. The van der Waals surface area contributed by atoms with E-state index >= 15 is 0 Å². The molecule has 1 fully saturated rings. The first-order chi connectivity index (χ1) is 18.3. The Morgan fingerprint density at radius 2 is 1.67 bits per heavy atom. The number of phenolic OH excluding ortho intramolecular Hbond substituents is 1. The molecular formula is C26H28F4N4O5. The van der Waals surface area contributed by atoms with E-state index in [4.69, 9.17) is 14.4 Å². The Kier molecular flexibility index (Phi) is 9.17. The number of phenols is 1. The molecule has 0 unspecified atom stereocenters. The summed E-state index contributed by atoms with van der Waals surface area (Å²) in [5.74, 6) is -2.53. The molecule has 0 bridgehead atoms. The summed E-state index contributed by atoms with van der Waals surface area (Å²) in [6.45, 7) is 9.34. The number of carboxylic acid groups (broad SMARTS) is 1. The zero-order valence-corrected chi connectivity index (χ0v) is 21.4. The lowest BCUT2D eigenvalue weighted by Gasteiger charge is -2.36. The third kappa shape index (κ3) is 7.47. The van der Waals surface area contributed by atoms with Gasteiger partial charge in [0.05, 0.1) is 11.3 Å². The molecule has 1 aliphatic rings. The van der Waals surface area contributed by atoms with Gasteiger partial charge in [-0.15, -0.1) is 0 Å². The maximum absolute atomic E-state index is 14.4. The molecule has 1 amide bonds. The first-order valence-corrected chi connectivity index (χ1v) is 11.9. The van der Waals surface area contributed by atoms with E-state index in [1.807, 2.05) is 6.07 Å². The van der Waals surface area contributed by atoms with E-state index in [2.05, 4.69) is 34.1 Å². The summed E-state index contributed by atoms with van der Waals surface area (Å²) in [6.07, 6.45) is -5.08. The SMILES string of the molecule is CC(=O)Nc1ccc(-c2cccc(-c3cc(N4CCN(C(C)C)CC4)no3)c2O)cc1F.O=C(O)C(F)(F)F. The van der Waals surface area contributed by atoms with E-state index < -0.39 is 18.0 Å². The van der Waals surface area contributed by atoms with Crippen LogP contribution >= 0.6 is 0 Å². The van der Waals surface area contributed by atoms with Gasteiger partial charge in [-0.25, -0.2) is 9.18 Å². The fraction of sp³-hybridized carbons (Fsp3) is 0.346. The quantitative estimate of drug-likeness (QED) is 0.380. The lowest BCUT2D eigenvalue weighted by molar-refractivity contribution is -0.192. The van der Waals surface area contributed by atoms with Gasteiger partial charge in [0.2, 0.25) is 5.91 Å². The Bertz CT molecular complexity index is 1320. The Hall–Kier alpha value is -4.13. The number of alkyl halides is 3. The van der Waals surface area contributed by atoms with Crippen LogP contribution in [-0.2, 0) is 9.59 Å². The van der Waals surface area contributed by atoms with E-state index in [9.17, 15) is 27.5 Å². The number of hydrogen-bond acceptors (Lipinski definition) is 7. The van der Waals surface area contributed by atoms with Crippen LogP contribution in [0.5, 0.6) is 5.75 Å². The molecule has 3 aromatic rings. The van der Waals surface area contributed by atoms with Crippen molar-refractivity contribution in [2.24, 2.45) is 0 Å². The number of aromatic nitrogens is 1. The molecule has 13 heteroatoms. The number of benzene rings is 2. The van der Waals surface area contributed by atoms with Crippen LogP contribution in [0.15, 0.2) is 47.0 Å². The van der Waals surface area contributed by atoms with Crippen LogP contribution in [0, 0.1) is 5.82 Å². The Labute approximate surface area is 221 Å². The second kappa shape index (κ2) is 12.2. The predicted octanol–water partition coefficient (Wildman–Crippen LogP) is 4.98. The summed E-state index contributed by atoms with van der Waals surface area (Å²) in [4.78, 5) is 24.7. The zero-order chi connectivity index (χ0) is 28.9. The summed E-state index contributed by atoms with van der Waals surface area (Å²) in [7, 11) is 0. The third-order valence-electron chi connectivity index (χ3n) is 6.00. The van der Waals surface area contributed by atoms with Crippen LogP contribution in [0.3, 0.4) is 0 Å². The van der Waals surface area contributed by atoms with E-state index in [1.54, 1.807) is 24.3 Å². The maximum Gasteiger partial charge on any atom is 0.490 e. The van der Waals surface area contributed by atoms with Gasteiger partial charge < -0.3 is 25.0 Å². The number of aliphatic carboxylic acids is 1. The van der Waals surface area contributed by atoms with Crippen molar-refractivity contribution in [3.05, 3.63) is 48.3 Å². The molecule has 39 heavy (non-hydrogen) atoms. The number of rotatable bonds is 5. The van der Waals surface area contributed by atoms with E-state index in [-0.39, 0.29) is 17.3 Å². The van der Waals surface area contributed by atoms with Gasteiger partial charge in [-0.2, -0.15) is 13.2 Å². The van der Waals surface area contributed by atoms with Crippen molar-refractivity contribution in [2.45, 2.75) is 33.0 Å². The number of nitrogens with zero attached hydrogens (tertiary/aromatic N) is 3. The topological polar surface area (TPSA) is 119 Å². The number of amides is 1. The lowest BCUT2D eigenvalue weighted by atomic mass is 9.99. The van der Waals surface area contributed by atoms with Crippen molar-refractivity contribution in [2.75, 3.05) is 36.4 Å². The van der Waals surface area contributed by atoms with Crippen molar-refractivity contribution in [1.29, 1.82) is 0 Å². The molecule has 210 valence electrons. The van der Waals surface area contributed by atoms with Gasteiger partial charge in [0.25, 0.3) is 0 Å². The van der Waals surface area contributed by atoms with Crippen molar-refractivity contribution in [1.82, 2.24) is 10.1 Å². The first-order valence-electron chi connectivity index (χ1n) is 11.9. The molecule has 0 saturated carbocycles. The molecule has 2 aromatic carbocycles. The monoisotopic (exact) mass is 552 g/mol. The van der Waals surface area contributed by atoms with Gasteiger partial charge in [-0.05, 0) is 37.6 Å². The molecule has 1 aliphatic heterocycles. The Morgan fingerprint density at radius 3 is 2.21 bits per heavy atom. The van der Waals surface area contributed by atoms with E-state index in [0.717, 1.165) is 32.0 Å². The van der Waals surface area contributed by atoms with Gasteiger partial charge in [-0.1, -0.05) is 23.4 Å². The number of carbonyl (C=O) groups excluding carboxylic acids is 1. The number of anilines is 2. The van der Waals surface area contributed by atoms with Gasteiger partial charge in [0.15, 0.2) is 11.6 Å². The number of halogens is 4. The summed E-state index contributed by atoms with van der Waals surface area (Å²) in [6, 6.07) is 12.0. The van der Waals surface area contributed by atoms with Crippen LogP contribution in [0.4, 0.5) is 29.1 Å². The van der Waals surface area contributed by atoms with Gasteiger partial charge >= 0.3 is 12.1 Å². The molecular weight excluding hydrogens is 524 g/mol. The highest BCUT2D eigenvalue weighted by molar-refractivity contribution is 5.89. The molecule has 0 aliphatic carbocycles. The Morgan fingerprint density at radius 1 is 1.05 bits per heavy atom. The summed E-state index contributed by atoms with van der Waals surface area (Å²) < 4.78 is 51.7. The number of para-hydroxylation sites is 1.